The van der Waals surface area contributed by atoms with E-state index in [4.69, 9.17) is 10.2 Å². The van der Waals surface area contributed by atoms with Crippen molar-refractivity contribution < 1.29 is 4.42 Å². The molecule has 0 spiro atoms. The summed E-state index contributed by atoms with van der Waals surface area (Å²) in [4.78, 5) is 4.03. The van der Waals surface area contributed by atoms with Crippen LogP contribution in [0.4, 0.5) is 5.69 Å². The Morgan fingerprint density at radius 3 is 2.77 bits per heavy atom. The summed E-state index contributed by atoms with van der Waals surface area (Å²) in [5.74, 6) is 0.577. The Kier molecular flexibility index (Phi) is 2.06. The first kappa shape index (κ1) is 8.31. The summed E-state index contributed by atoms with van der Waals surface area (Å²) in [7, 11) is 0. The minimum absolute atomic E-state index is 0.577. The van der Waals surface area contributed by atoms with Crippen molar-refractivity contribution in [3.63, 3.8) is 0 Å². The van der Waals surface area contributed by atoms with Gasteiger partial charge in [0.25, 0.3) is 0 Å². The third-order valence-corrected chi connectivity index (χ3v) is 2.06. The van der Waals surface area contributed by atoms with Gasteiger partial charge in [0.2, 0.25) is 5.89 Å². The Balaban J connectivity index is 2.53. The minimum Gasteiger partial charge on any atom is -0.445 e. The molecule has 0 unspecified atom stereocenters. The maximum atomic E-state index is 5.67. The van der Waals surface area contributed by atoms with E-state index < -0.39 is 0 Å². The SMILES string of the molecule is Nc1cc(Br)cc(-c2ncco2)c1. The molecule has 0 amide bonds. The smallest absolute Gasteiger partial charge is 0.225 e. The molecule has 0 saturated carbocycles. The molecule has 0 aliphatic carbocycles. The fourth-order valence-corrected chi connectivity index (χ4v) is 1.61. The number of rotatable bonds is 1. The van der Waals surface area contributed by atoms with Gasteiger partial charge in [-0.05, 0) is 18.2 Å². The van der Waals surface area contributed by atoms with Crippen molar-refractivity contribution in [3.8, 4) is 11.5 Å². The summed E-state index contributed by atoms with van der Waals surface area (Å²) < 4.78 is 6.06. The van der Waals surface area contributed by atoms with Crippen LogP contribution in [-0.4, -0.2) is 4.98 Å². The lowest BCUT2D eigenvalue weighted by atomic mass is 10.2. The van der Waals surface area contributed by atoms with Crippen LogP contribution in [0.1, 0.15) is 0 Å². The number of aromatic nitrogens is 1. The summed E-state index contributed by atoms with van der Waals surface area (Å²) in [6.07, 6.45) is 3.14. The maximum Gasteiger partial charge on any atom is 0.225 e. The monoisotopic (exact) mass is 238 g/mol. The van der Waals surface area contributed by atoms with Crippen LogP contribution in [0.5, 0.6) is 0 Å². The first-order valence-electron chi connectivity index (χ1n) is 3.71. The molecular weight excluding hydrogens is 232 g/mol. The lowest BCUT2D eigenvalue weighted by Gasteiger charge is -1.99. The molecule has 13 heavy (non-hydrogen) atoms. The van der Waals surface area contributed by atoms with Crippen LogP contribution < -0.4 is 5.73 Å². The van der Waals surface area contributed by atoms with Gasteiger partial charge >= 0.3 is 0 Å². The second-order valence-electron chi connectivity index (χ2n) is 2.61. The molecule has 0 fully saturated rings. The summed E-state index contributed by atoms with van der Waals surface area (Å²) in [6, 6.07) is 5.55. The molecule has 0 atom stereocenters. The van der Waals surface area contributed by atoms with Crippen LogP contribution in [0.15, 0.2) is 39.5 Å². The highest BCUT2D eigenvalue weighted by Gasteiger charge is 2.03. The molecule has 1 aromatic heterocycles. The molecule has 0 bridgehead atoms. The van der Waals surface area contributed by atoms with Crippen molar-refractivity contribution >= 4 is 21.6 Å². The number of oxazole rings is 1. The Morgan fingerprint density at radius 2 is 2.15 bits per heavy atom. The topological polar surface area (TPSA) is 52.0 Å². The molecule has 0 radical (unpaired) electrons. The number of hydrogen-bond donors (Lipinski definition) is 1. The van der Waals surface area contributed by atoms with Gasteiger partial charge in [-0.25, -0.2) is 4.98 Å². The molecular formula is C9H7BrN2O. The van der Waals surface area contributed by atoms with Gasteiger partial charge in [0.05, 0.1) is 6.20 Å². The molecule has 2 N–H and O–H groups in total. The molecule has 0 aliphatic heterocycles. The minimum atomic E-state index is 0.577. The van der Waals surface area contributed by atoms with E-state index >= 15 is 0 Å². The maximum absolute atomic E-state index is 5.67. The molecule has 66 valence electrons. The summed E-state index contributed by atoms with van der Waals surface area (Å²) in [5, 5.41) is 0. The standard InChI is InChI=1S/C9H7BrN2O/c10-7-3-6(4-8(11)5-7)9-12-1-2-13-9/h1-5H,11H2. The van der Waals surface area contributed by atoms with Gasteiger partial charge in [-0.3, -0.25) is 0 Å². The zero-order valence-electron chi connectivity index (χ0n) is 6.70. The number of halogens is 1. The highest BCUT2D eigenvalue weighted by molar-refractivity contribution is 9.10. The van der Waals surface area contributed by atoms with Crippen LogP contribution in [0.3, 0.4) is 0 Å². The lowest BCUT2D eigenvalue weighted by molar-refractivity contribution is 0.574. The number of nitrogen functional groups attached to an aromatic ring is 1. The summed E-state index contributed by atoms with van der Waals surface area (Å²) >= 11 is 3.35. The molecule has 2 aromatic rings. The number of benzene rings is 1. The molecule has 0 saturated heterocycles. The largest absolute Gasteiger partial charge is 0.445 e. The van der Waals surface area contributed by atoms with Crippen molar-refractivity contribution in [1.82, 2.24) is 4.98 Å². The van der Waals surface area contributed by atoms with Gasteiger partial charge in [-0.2, -0.15) is 0 Å². The van der Waals surface area contributed by atoms with Crippen LogP contribution in [-0.2, 0) is 0 Å². The van der Waals surface area contributed by atoms with Crippen LogP contribution in [0, 0.1) is 0 Å². The lowest BCUT2D eigenvalue weighted by Crippen LogP contribution is -1.86. The molecule has 2 rings (SSSR count). The predicted molar refractivity (Wildman–Crippen MR) is 54.1 cm³/mol. The van der Waals surface area contributed by atoms with Gasteiger partial charge in [0, 0.05) is 15.7 Å². The highest BCUT2D eigenvalue weighted by Crippen LogP contribution is 2.24. The van der Waals surface area contributed by atoms with Gasteiger partial charge in [0.15, 0.2) is 0 Å². The zero-order chi connectivity index (χ0) is 9.26. The Morgan fingerprint density at radius 1 is 1.31 bits per heavy atom. The van der Waals surface area contributed by atoms with Crippen molar-refractivity contribution in [3.05, 3.63) is 35.1 Å². The van der Waals surface area contributed by atoms with Crippen molar-refractivity contribution in [2.45, 2.75) is 0 Å². The van der Waals surface area contributed by atoms with Gasteiger partial charge in [-0.1, -0.05) is 15.9 Å². The van der Waals surface area contributed by atoms with Crippen molar-refractivity contribution in [2.24, 2.45) is 0 Å². The predicted octanol–water partition coefficient (Wildman–Crippen LogP) is 2.69. The Hall–Kier alpha value is -1.29. The van der Waals surface area contributed by atoms with E-state index in [1.54, 1.807) is 6.20 Å². The van der Waals surface area contributed by atoms with Crippen LogP contribution >= 0.6 is 15.9 Å². The second-order valence-corrected chi connectivity index (χ2v) is 3.53. The fraction of sp³-hybridized carbons (Fsp3) is 0. The first-order valence-corrected chi connectivity index (χ1v) is 4.51. The average molecular weight is 239 g/mol. The van der Waals surface area contributed by atoms with Gasteiger partial charge < -0.3 is 10.2 Å². The number of hydrogen-bond acceptors (Lipinski definition) is 3. The average Bonchev–Trinajstić information content (AvgIpc) is 2.53. The normalized spacial score (nSPS) is 10.2. The van der Waals surface area contributed by atoms with Crippen LogP contribution in [0.25, 0.3) is 11.5 Å². The van der Waals surface area contributed by atoms with E-state index in [-0.39, 0.29) is 0 Å². The van der Waals surface area contributed by atoms with E-state index in [1.165, 1.54) is 6.26 Å². The number of nitrogens with two attached hydrogens (primary N) is 1. The number of nitrogens with zero attached hydrogens (tertiary/aromatic N) is 1. The third kappa shape index (κ3) is 1.72. The zero-order valence-corrected chi connectivity index (χ0v) is 8.28. The van der Waals surface area contributed by atoms with E-state index in [0.717, 1.165) is 10.0 Å². The summed E-state index contributed by atoms with van der Waals surface area (Å²) in [5.41, 5.74) is 7.22. The third-order valence-electron chi connectivity index (χ3n) is 1.60. The van der Waals surface area contributed by atoms with Gasteiger partial charge in [0.1, 0.15) is 6.26 Å². The quantitative estimate of drug-likeness (QED) is 0.778. The van der Waals surface area contributed by atoms with Crippen molar-refractivity contribution in [1.29, 1.82) is 0 Å². The second kappa shape index (κ2) is 3.22. The molecule has 4 heteroatoms. The Bertz CT molecular complexity index is 391. The van der Waals surface area contributed by atoms with E-state index in [1.807, 2.05) is 18.2 Å². The van der Waals surface area contributed by atoms with E-state index in [0.29, 0.717) is 11.6 Å². The Labute approximate surface area is 83.7 Å². The molecule has 1 heterocycles. The highest BCUT2D eigenvalue weighted by atomic mass is 79.9. The molecule has 3 nitrogen and oxygen atoms in total. The molecule has 0 aliphatic rings. The molecule has 1 aromatic carbocycles. The first-order chi connectivity index (χ1) is 6.25. The van der Waals surface area contributed by atoms with Crippen molar-refractivity contribution in [2.75, 3.05) is 5.73 Å². The summed E-state index contributed by atoms with van der Waals surface area (Å²) in [6.45, 7) is 0. The number of anilines is 1. The van der Waals surface area contributed by atoms with Crippen LogP contribution in [0.2, 0.25) is 0 Å². The van der Waals surface area contributed by atoms with E-state index in [2.05, 4.69) is 20.9 Å². The fourth-order valence-electron chi connectivity index (χ4n) is 1.10. The van der Waals surface area contributed by atoms with Gasteiger partial charge in [-0.15, -0.1) is 0 Å². The van der Waals surface area contributed by atoms with E-state index in [9.17, 15) is 0 Å².